The van der Waals surface area contributed by atoms with Crippen molar-refractivity contribution in [2.24, 2.45) is 0 Å². The van der Waals surface area contributed by atoms with Crippen LogP contribution in [0.15, 0.2) is 10.9 Å². The summed E-state index contributed by atoms with van der Waals surface area (Å²) in [5, 5.41) is 3.28. The number of nitrogens with zero attached hydrogens (tertiary/aromatic N) is 3. The predicted molar refractivity (Wildman–Crippen MR) is 87.2 cm³/mol. The zero-order chi connectivity index (χ0) is 16.4. The standard InChI is InChI=1S/C16H24N4O3/c1-18-7-9-19(10-8-18)16(22)15-12-3-4-17-5-6-20(12)14(21)11-13(15)23-2/h11,17H,3-10H2,1-2H3. The van der Waals surface area contributed by atoms with E-state index in [2.05, 4.69) is 17.3 Å². The molecule has 3 rings (SSSR count). The van der Waals surface area contributed by atoms with Crippen molar-refractivity contribution in [3.8, 4) is 5.75 Å². The average Bonchev–Trinajstić information content (AvgIpc) is 2.81. The highest BCUT2D eigenvalue weighted by atomic mass is 16.5. The third kappa shape index (κ3) is 3.11. The highest BCUT2D eigenvalue weighted by Gasteiger charge is 2.28. The van der Waals surface area contributed by atoms with Crippen LogP contribution in [0.5, 0.6) is 5.75 Å². The summed E-state index contributed by atoms with van der Waals surface area (Å²) in [6.07, 6.45) is 0.654. The molecule has 1 fully saturated rings. The zero-order valence-corrected chi connectivity index (χ0v) is 13.8. The number of carbonyl (C=O) groups excluding carboxylic acids is 1. The SMILES string of the molecule is COc1cc(=O)n2c(c1C(=O)N1CCN(C)CC1)CCNCC2. The third-order valence-corrected chi connectivity index (χ3v) is 4.66. The van der Waals surface area contributed by atoms with E-state index < -0.39 is 0 Å². The molecule has 0 atom stereocenters. The number of aromatic nitrogens is 1. The van der Waals surface area contributed by atoms with Gasteiger partial charge < -0.3 is 24.4 Å². The minimum absolute atomic E-state index is 0.0272. The quantitative estimate of drug-likeness (QED) is 0.787. The number of pyridine rings is 1. The molecule has 126 valence electrons. The van der Waals surface area contributed by atoms with Gasteiger partial charge in [-0.25, -0.2) is 0 Å². The number of amides is 1. The number of hydrogen-bond acceptors (Lipinski definition) is 5. The van der Waals surface area contributed by atoms with Crippen molar-refractivity contribution in [1.82, 2.24) is 19.7 Å². The summed E-state index contributed by atoms with van der Waals surface area (Å²) in [5.41, 5.74) is 1.25. The highest BCUT2D eigenvalue weighted by Crippen LogP contribution is 2.24. The Morgan fingerprint density at radius 1 is 1.17 bits per heavy atom. The first-order valence-corrected chi connectivity index (χ1v) is 8.11. The molecule has 1 aromatic rings. The van der Waals surface area contributed by atoms with Crippen molar-refractivity contribution in [2.75, 3.05) is 53.4 Å². The highest BCUT2D eigenvalue weighted by molar-refractivity contribution is 5.98. The van der Waals surface area contributed by atoms with Crippen LogP contribution in [-0.4, -0.2) is 73.7 Å². The van der Waals surface area contributed by atoms with Crippen molar-refractivity contribution < 1.29 is 9.53 Å². The summed E-state index contributed by atoms with van der Waals surface area (Å²) in [6, 6.07) is 1.44. The number of hydrogen-bond donors (Lipinski definition) is 1. The minimum atomic E-state index is -0.101. The lowest BCUT2D eigenvalue weighted by atomic mass is 10.1. The van der Waals surface area contributed by atoms with Crippen LogP contribution in [0.1, 0.15) is 16.1 Å². The van der Waals surface area contributed by atoms with E-state index in [-0.39, 0.29) is 11.5 Å². The molecule has 1 N–H and O–H groups in total. The lowest BCUT2D eigenvalue weighted by molar-refractivity contribution is 0.0658. The second-order valence-corrected chi connectivity index (χ2v) is 6.12. The molecule has 0 radical (unpaired) electrons. The van der Waals surface area contributed by atoms with E-state index in [1.165, 1.54) is 13.2 Å². The molecule has 7 nitrogen and oxygen atoms in total. The van der Waals surface area contributed by atoms with Crippen LogP contribution in [0.2, 0.25) is 0 Å². The molecule has 0 spiro atoms. The van der Waals surface area contributed by atoms with Crippen LogP contribution in [-0.2, 0) is 13.0 Å². The van der Waals surface area contributed by atoms with Crippen LogP contribution in [0.4, 0.5) is 0 Å². The molecule has 2 aliphatic rings. The normalized spacial score (nSPS) is 19.1. The van der Waals surface area contributed by atoms with E-state index in [1.54, 1.807) is 4.57 Å². The second-order valence-electron chi connectivity index (χ2n) is 6.12. The van der Waals surface area contributed by atoms with Crippen molar-refractivity contribution in [2.45, 2.75) is 13.0 Å². The maximum absolute atomic E-state index is 13.1. The zero-order valence-electron chi connectivity index (χ0n) is 13.8. The van der Waals surface area contributed by atoms with Crippen molar-refractivity contribution in [3.63, 3.8) is 0 Å². The number of ether oxygens (including phenoxy) is 1. The van der Waals surface area contributed by atoms with Gasteiger partial charge in [0.15, 0.2) is 0 Å². The maximum atomic E-state index is 13.1. The van der Waals surface area contributed by atoms with Gasteiger partial charge in [0.1, 0.15) is 11.3 Å². The Hall–Kier alpha value is -1.86. The third-order valence-electron chi connectivity index (χ3n) is 4.66. The molecule has 7 heteroatoms. The second kappa shape index (κ2) is 6.72. The van der Waals surface area contributed by atoms with E-state index >= 15 is 0 Å². The summed E-state index contributed by atoms with van der Waals surface area (Å²) in [5.74, 6) is 0.368. The van der Waals surface area contributed by atoms with E-state index in [4.69, 9.17) is 4.74 Å². The molecule has 3 heterocycles. The molecule has 0 aromatic carbocycles. The van der Waals surface area contributed by atoms with E-state index in [0.29, 0.717) is 37.4 Å². The molecule has 0 bridgehead atoms. The summed E-state index contributed by atoms with van der Waals surface area (Å²) in [6.45, 7) is 5.22. The fourth-order valence-corrected chi connectivity index (χ4v) is 3.26. The molecule has 0 aliphatic carbocycles. The van der Waals surface area contributed by atoms with Gasteiger partial charge in [0.2, 0.25) is 0 Å². The van der Waals surface area contributed by atoms with Gasteiger partial charge in [-0.15, -0.1) is 0 Å². The molecule has 2 aliphatic heterocycles. The molecule has 0 unspecified atom stereocenters. The smallest absolute Gasteiger partial charge is 0.259 e. The van der Waals surface area contributed by atoms with E-state index in [1.807, 2.05) is 4.90 Å². The minimum Gasteiger partial charge on any atom is -0.496 e. The predicted octanol–water partition coefficient (Wildman–Crippen LogP) is -0.610. The maximum Gasteiger partial charge on any atom is 0.259 e. The Balaban J connectivity index is 2.03. The Kier molecular flexibility index (Phi) is 4.68. The monoisotopic (exact) mass is 320 g/mol. The van der Waals surface area contributed by atoms with Gasteiger partial charge in [-0.05, 0) is 7.05 Å². The van der Waals surface area contributed by atoms with Gasteiger partial charge in [0.25, 0.3) is 11.5 Å². The molecule has 1 saturated heterocycles. The molecule has 0 saturated carbocycles. The van der Waals surface area contributed by atoms with Crippen LogP contribution in [0.3, 0.4) is 0 Å². The Bertz CT molecular complexity index is 647. The first-order chi connectivity index (χ1) is 11.1. The topological polar surface area (TPSA) is 66.8 Å². The average molecular weight is 320 g/mol. The molecular formula is C16H24N4O3. The van der Waals surface area contributed by atoms with Gasteiger partial charge in [-0.3, -0.25) is 9.59 Å². The first kappa shape index (κ1) is 16.0. The Morgan fingerprint density at radius 3 is 2.61 bits per heavy atom. The van der Waals surface area contributed by atoms with Crippen molar-refractivity contribution in [3.05, 3.63) is 27.7 Å². The fraction of sp³-hybridized carbons (Fsp3) is 0.625. The lowest BCUT2D eigenvalue weighted by Crippen LogP contribution is -2.47. The molecular weight excluding hydrogens is 296 g/mol. The molecule has 23 heavy (non-hydrogen) atoms. The summed E-state index contributed by atoms with van der Waals surface area (Å²) < 4.78 is 7.09. The Morgan fingerprint density at radius 2 is 1.91 bits per heavy atom. The van der Waals surface area contributed by atoms with Gasteiger partial charge in [0.05, 0.1) is 7.11 Å². The van der Waals surface area contributed by atoms with E-state index in [0.717, 1.165) is 31.9 Å². The number of carbonyl (C=O) groups is 1. The number of likely N-dealkylation sites (N-methyl/N-ethyl adjacent to an activating group) is 1. The van der Waals surface area contributed by atoms with Crippen molar-refractivity contribution in [1.29, 1.82) is 0 Å². The summed E-state index contributed by atoms with van der Waals surface area (Å²) >= 11 is 0. The van der Waals surface area contributed by atoms with Crippen LogP contribution < -0.4 is 15.6 Å². The van der Waals surface area contributed by atoms with Crippen LogP contribution in [0, 0.1) is 0 Å². The Labute approximate surface area is 135 Å². The van der Waals surface area contributed by atoms with Crippen LogP contribution in [0.25, 0.3) is 0 Å². The number of methoxy groups -OCH3 is 1. The summed E-state index contributed by atoms with van der Waals surface area (Å²) in [7, 11) is 3.57. The van der Waals surface area contributed by atoms with Crippen molar-refractivity contribution >= 4 is 5.91 Å². The van der Waals surface area contributed by atoms with Gasteiger partial charge in [0, 0.05) is 64.0 Å². The first-order valence-electron chi connectivity index (χ1n) is 8.11. The molecule has 1 amide bonds. The number of nitrogens with one attached hydrogen (secondary N) is 1. The van der Waals surface area contributed by atoms with Gasteiger partial charge in [-0.2, -0.15) is 0 Å². The number of fused-ring (bicyclic) bond motifs is 1. The summed E-state index contributed by atoms with van der Waals surface area (Å²) in [4.78, 5) is 29.5. The number of piperazine rings is 1. The fourth-order valence-electron chi connectivity index (χ4n) is 3.26. The van der Waals surface area contributed by atoms with Gasteiger partial charge >= 0.3 is 0 Å². The van der Waals surface area contributed by atoms with Gasteiger partial charge in [-0.1, -0.05) is 0 Å². The van der Waals surface area contributed by atoms with Crippen LogP contribution >= 0.6 is 0 Å². The van der Waals surface area contributed by atoms with E-state index in [9.17, 15) is 9.59 Å². The molecule has 1 aromatic heterocycles. The number of rotatable bonds is 2. The lowest BCUT2D eigenvalue weighted by Gasteiger charge is -2.33. The largest absolute Gasteiger partial charge is 0.496 e.